The molecule has 2 N–H and O–H groups in total. The number of aryl methyl sites for hydroxylation is 1. The lowest BCUT2D eigenvalue weighted by molar-refractivity contribution is -0.139. The Bertz CT molecular complexity index is 1140. The molecular formula is C25H23N3O4. The molecule has 0 aliphatic heterocycles. The van der Waals surface area contributed by atoms with E-state index in [9.17, 15) is 14.4 Å². The van der Waals surface area contributed by atoms with Crippen molar-refractivity contribution in [1.82, 2.24) is 10.7 Å². The summed E-state index contributed by atoms with van der Waals surface area (Å²) in [5.74, 6) is -1.69. The normalized spacial score (nSPS) is 10.9. The number of carbonyl (C=O) groups excluding carboxylic acids is 3. The van der Waals surface area contributed by atoms with E-state index in [1.165, 1.54) is 0 Å². The van der Waals surface area contributed by atoms with Crippen LogP contribution < -0.4 is 15.5 Å². The van der Waals surface area contributed by atoms with Crippen molar-refractivity contribution in [3.8, 4) is 5.75 Å². The molecule has 0 aliphatic rings. The average Bonchev–Trinajstić information content (AvgIpc) is 2.81. The lowest BCUT2D eigenvalue weighted by atomic mass is 10.1. The molecule has 0 saturated heterocycles. The van der Waals surface area contributed by atoms with Gasteiger partial charge in [0.2, 0.25) is 0 Å². The van der Waals surface area contributed by atoms with Gasteiger partial charge in [0.15, 0.2) is 0 Å². The molecule has 2 amide bonds. The van der Waals surface area contributed by atoms with Crippen LogP contribution in [0.4, 0.5) is 0 Å². The van der Waals surface area contributed by atoms with Gasteiger partial charge in [-0.1, -0.05) is 48.0 Å². The SMILES string of the molecule is C/C(=N\NC(=O)C(=O)NCc1ccccc1)c1ccc(OC(=O)c2cccc(C)c2)cc1. The van der Waals surface area contributed by atoms with Crippen LogP contribution in [0.15, 0.2) is 84.0 Å². The maximum absolute atomic E-state index is 12.2. The van der Waals surface area contributed by atoms with Gasteiger partial charge in [-0.3, -0.25) is 9.59 Å². The van der Waals surface area contributed by atoms with Crippen LogP contribution >= 0.6 is 0 Å². The van der Waals surface area contributed by atoms with Gasteiger partial charge in [0.1, 0.15) is 5.75 Å². The maximum atomic E-state index is 12.2. The van der Waals surface area contributed by atoms with E-state index >= 15 is 0 Å². The van der Waals surface area contributed by atoms with E-state index in [1.807, 2.05) is 43.3 Å². The Hall–Kier alpha value is -4.26. The van der Waals surface area contributed by atoms with Crippen LogP contribution in [-0.4, -0.2) is 23.5 Å². The number of nitrogens with one attached hydrogen (secondary N) is 2. The summed E-state index contributed by atoms with van der Waals surface area (Å²) in [5.41, 5.74) is 5.76. The number of amides is 2. The van der Waals surface area contributed by atoms with Gasteiger partial charge in [-0.05, 0) is 61.4 Å². The fourth-order valence-corrected chi connectivity index (χ4v) is 2.81. The molecule has 0 saturated carbocycles. The van der Waals surface area contributed by atoms with Gasteiger partial charge in [0.25, 0.3) is 0 Å². The largest absolute Gasteiger partial charge is 0.423 e. The topological polar surface area (TPSA) is 96.9 Å². The predicted octanol–water partition coefficient (Wildman–Crippen LogP) is 3.37. The molecule has 32 heavy (non-hydrogen) atoms. The number of nitrogens with zero attached hydrogens (tertiary/aromatic N) is 1. The molecule has 0 bridgehead atoms. The van der Waals surface area contributed by atoms with E-state index in [-0.39, 0.29) is 6.54 Å². The van der Waals surface area contributed by atoms with Crippen molar-refractivity contribution in [3.05, 3.63) is 101 Å². The third kappa shape index (κ3) is 6.37. The molecule has 0 aliphatic carbocycles. The molecule has 0 aromatic heterocycles. The van der Waals surface area contributed by atoms with E-state index in [1.54, 1.807) is 49.4 Å². The van der Waals surface area contributed by atoms with Crippen molar-refractivity contribution in [2.24, 2.45) is 5.10 Å². The summed E-state index contributed by atoms with van der Waals surface area (Å²) in [6.45, 7) is 3.84. The minimum Gasteiger partial charge on any atom is -0.423 e. The number of carbonyl (C=O) groups is 3. The van der Waals surface area contributed by atoms with Crippen molar-refractivity contribution in [2.75, 3.05) is 0 Å². The van der Waals surface area contributed by atoms with Gasteiger partial charge >= 0.3 is 17.8 Å². The molecule has 3 aromatic carbocycles. The lowest BCUT2D eigenvalue weighted by Gasteiger charge is -2.07. The number of hydrogen-bond acceptors (Lipinski definition) is 5. The van der Waals surface area contributed by atoms with Gasteiger partial charge in [-0.2, -0.15) is 5.10 Å². The Balaban J connectivity index is 1.53. The first-order valence-corrected chi connectivity index (χ1v) is 9.98. The number of hydrazone groups is 1. The highest BCUT2D eigenvalue weighted by atomic mass is 16.5. The van der Waals surface area contributed by atoms with Crippen LogP contribution in [0.1, 0.15) is 34.0 Å². The van der Waals surface area contributed by atoms with Crippen molar-refractivity contribution in [1.29, 1.82) is 0 Å². The first-order chi connectivity index (χ1) is 15.4. The molecule has 0 spiro atoms. The Morgan fingerprint density at radius 1 is 0.844 bits per heavy atom. The molecule has 0 heterocycles. The van der Waals surface area contributed by atoms with Crippen molar-refractivity contribution in [2.45, 2.75) is 20.4 Å². The number of rotatable bonds is 6. The molecule has 7 heteroatoms. The highest BCUT2D eigenvalue weighted by Gasteiger charge is 2.13. The smallest absolute Gasteiger partial charge is 0.343 e. The molecule has 162 valence electrons. The molecule has 7 nitrogen and oxygen atoms in total. The Morgan fingerprint density at radius 3 is 2.25 bits per heavy atom. The van der Waals surface area contributed by atoms with Crippen molar-refractivity contribution < 1.29 is 19.1 Å². The molecular weight excluding hydrogens is 406 g/mol. The zero-order chi connectivity index (χ0) is 22.9. The first-order valence-electron chi connectivity index (χ1n) is 9.98. The Morgan fingerprint density at radius 2 is 1.56 bits per heavy atom. The van der Waals surface area contributed by atoms with Gasteiger partial charge < -0.3 is 10.1 Å². The van der Waals surface area contributed by atoms with Gasteiger partial charge in [0.05, 0.1) is 11.3 Å². The minimum atomic E-state index is -0.857. The van der Waals surface area contributed by atoms with Gasteiger partial charge in [-0.15, -0.1) is 0 Å². The number of benzene rings is 3. The van der Waals surface area contributed by atoms with E-state index in [4.69, 9.17) is 4.74 Å². The molecule has 3 aromatic rings. The number of hydrogen-bond donors (Lipinski definition) is 2. The summed E-state index contributed by atoms with van der Waals surface area (Å²) >= 11 is 0. The Kier molecular flexibility index (Phi) is 7.48. The fraction of sp³-hybridized carbons (Fsp3) is 0.120. The van der Waals surface area contributed by atoms with E-state index in [0.29, 0.717) is 22.6 Å². The molecule has 0 fully saturated rings. The Labute approximate surface area is 186 Å². The van der Waals surface area contributed by atoms with Crippen molar-refractivity contribution in [3.63, 3.8) is 0 Å². The molecule has 0 unspecified atom stereocenters. The third-order valence-corrected chi connectivity index (χ3v) is 4.56. The maximum Gasteiger partial charge on any atom is 0.343 e. The van der Waals surface area contributed by atoms with Gasteiger partial charge in [0, 0.05) is 6.54 Å². The first kappa shape index (κ1) is 22.4. The van der Waals surface area contributed by atoms with Crippen molar-refractivity contribution >= 4 is 23.5 Å². The van der Waals surface area contributed by atoms with Gasteiger partial charge in [-0.25, -0.2) is 10.2 Å². The van der Waals surface area contributed by atoms with Crippen LogP contribution in [0.25, 0.3) is 0 Å². The van der Waals surface area contributed by atoms with Crippen LogP contribution in [-0.2, 0) is 16.1 Å². The standard InChI is InChI=1S/C25H23N3O4/c1-17-7-6-10-21(15-17)25(31)32-22-13-11-20(12-14-22)18(2)27-28-24(30)23(29)26-16-19-8-4-3-5-9-19/h3-15H,16H2,1-2H3,(H,26,29)(H,28,30)/b27-18+. The zero-order valence-electron chi connectivity index (χ0n) is 17.8. The summed E-state index contributed by atoms with van der Waals surface area (Å²) in [7, 11) is 0. The van der Waals surface area contributed by atoms with E-state index in [0.717, 1.165) is 11.1 Å². The van der Waals surface area contributed by atoms with Crippen LogP contribution in [0.3, 0.4) is 0 Å². The van der Waals surface area contributed by atoms with E-state index < -0.39 is 17.8 Å². The second-order valence-corrected chi connectivity index (χ2v) is 7.09. The van der Waals surface area contributed by atoms with Crippen LogP contribution in [0, 0.1) is 6.92 Å². The summed E-state index contributed by atoms with van der Waals surface area (Å²) in [5, 5.41) is 6.50. The quantitative estimate of drug-likeness (QED) is 0.206. The number of ether oxygens (including phenoxy) is 1. The monoisotopic (exact) mass is 429 g/mol. The third-order valence-electron chi connectivity index (χ3n) is 4.56. The average molecular weight is 429 g/mol. The highest BCUT2D eigenvalue weighted by Crippen LogP contribution is 2.15. The zero-order valence-corrected chi connectivity index (χ0v) is 17.8. The fourth-order valence-electron chi connectivity index (χ4n) is 2.81. The van der Waals surface area contributed by atoms with E-state index in [2.05, 4.69) is 15.8 Å². The minimum absolute atomic E-state index is 0.249. The van der Waals surface area contributed by atoms with Crippen LogP contribution in [0.5, 0.6) is 5.75 Å². The summed E-state index contributed by atoms with van der Waals surface area (Å²) in [6.07, 6.45) is 0. The number of esters is 1. The second kappa shape index (κ2) is 10.7. The summed E-state index contributed by atoms with van der Waals surface area (Å²) < 4.78 is 5.38. The van der Waals surface area contributed by atoms with Crippen LogP contribution in [0.2, 0.25) is 0 Å². The lowest BCUT2D eigenvalue weighted by Crippen LogP contribution is -2.37. The highest BCUT2D eigenvalue weighted by molar-refractivity contribution is 6.35. The second-order valence-electron chi connectivity index (χ2n) is 7.09. The molecule has 0 radical (unpaired) electrons. The summed E-state index contributed by atoms with van der Waals surface area (Å²) in [6, 6.07) is 23.1. The predicted molar refractivity (Wildman–Crippen MR) is 121 cm³/mol. The summed E-state index contributed by atoms with van der Waals surface area (Å²) in [4.78, 5) is 36.1. The molecule has 0 atom stereocenters. The molecule has 3 rings (SSSR count).